The van der Waals surface area contributed by atoms with Gasteiger partial charge in [-0.2, -0.15) is 0 Å². The Morgan fingerprint density at radius 1 is 0.480 bits per heavy atom. The minimum atomic E-state index is -0.197. The van der Waals surface area contributed by atoms with E-state index >= 15 is 0 Å². The molecule has 15 rings (SSSR count). The van der Waals surface area contributed by atoms with Gasteiger partial charge in [-0.1, -0.05) is 92.2 Å². The number of piperidine rings is 6. The van der Waals surface area contributed by atoms with E-state index in [0.29, 0.717) is 30.3 Å². The minimum absolute atomic E-state index is 0.0432. The monoisotopic (exact) mass is 1360 g/mol. The van der Waals surface area contributed by atoms with E-state index in [0.717, 1.165) is 207 Å². The first-order chi connectivity index (χ1) is 48.5. The number of anilines is 5. The molecule has 0 radical (unpaired) electrons. The van der Waals surface area contributed by atoms with Gasteiger partial charge in [-0.15, -0.1) is 0 Å². The molecule has 4 amide bonds. The Balaban J connectivity index is 0.000000135. The van der Waals surface area contributed by atoms with Crippen molar-refractivity contribution in [3.8, 4) is 11.1 Å². The number of hydrogen-bond donors (Lipinski definition) is 0. The van der Waals surface area contributed by atoms with Crippen molar-refractivity contribution in [2.75, 3.05) is 129 Å². The number of hydrogen-bond acceptors (Lipinski definition) is 15. The summed E-state index contributed by atoms with van der Waals surface area (Å²) in [4.78, 5) is 100. The SMILES string of the molecule is CC(=O)N1CC2(CCN(C3CCN(c4cncc(C)n4)CC3)CC2)c2ccccc21.CCCCc1cncc(N2CCC(N3CCC4(CC3)CN(C(C)=O)c3ccccc34)CC2)n1.CCOC(=O)N1CCC(N2CCC3(CC2)CN(C(C)=O)c2c(-c4ccc(C(C)=O)cc4)cccc23)CC1. The maximum atomic E-state index is 12.8. The normalized spacial score (nSPS) is 20.7. The number of likely N-dealkylation sites (tertiary alicyclic amines) is 4. The number of para-hydroxylation sites is 3. The van der Waals surface area contributed by atoms with Crippen molar-refractivity contribution in [1.29, 1.82) is 0 Å². The lowest BCUT2D eigenvalue weighted by molar-refractivity contribution is -0.117. The van der Waals surface area contributed by atoms with Crippen molar-refractivity contribution in [3.63, 3.8) is 0 Å². The molecule has 4 aromatic carbocycles. The topological polar surface area (TPSA) is 175 Å². The highest BCUT2D eigenvalue weighted by Gasteiger charge is 2.50. The number of amides is 4. The van der Waals surface area contributed by atoms with Gasteiger partial charge in [0.1, 0.15) is 11.6 Å². The average Bonchev–Trinajstić information content (AvgIpc) is 1.59. The van der Waals surface area contributed by atoms with Crippen molar-refractivity contribution in [2.45, 2.75) is 179 Å². The lowest BCUT2D eigenvalue weighted by Crippen LogP contribution is -2.52. The number of rotatable bonds is 11. The Bertz CT molecular complexity index is 3870. The van der Waals surface area contributed by atoms with Crippen molar-refractivity contribution in [1.82, 2.24) is 39.5 Å². The Kier molecular flexibility index (Phi) is 21.5. The summed E-state index contributed by atoms with van der Waals surface area (Å²) < 4.78 is 5.17. The van der Waals surface area contributed by atoms with Crippen LogP contribution in [-0.2, 0) is 41.8 Å². The molecule has 0 aliphatic carbocycles. The molecule has 9 aliphatic rings. The number of ether oxygens (including phenoxy) is 1. The molecule has 530 valence electrons. The Morgan fingerprint density at radius 2 is 0.920 bits per heavy atom. The van der Waals surface area contributed by atoms with Crippen LogP contribution in [0.15, 0.2) is 116 Å². The van der Waals surface area contributed by atoms with E-state index in [1.807, 2.05) is 82.5 Å². The maximum Gasteiger partial charge on any atom is 0.409 e. The summed E-state index contributed by atoms with van der Waals surface area (Å²) in [5, 5.41) is 0. The first kappa shape index (κ1) is 70.3. The van der Waals surface area contributed by atoms with Gasteiger partial charge < -0.3 is 48.8 Å². The number of carbonyl (C=O) groups excluding carboxylic acids is 5. The second-order valence-electron chi connectivity index (χ2n) is 30.0. The van der Waals surface area contributed by atoms with Crippen molar-refractivity contribution >= 4 is 58.3 Å². The van der Waals surface area contributed by atoms with Crippen molar-refractivity contribution < 1.29 is 28.7 Å². The fourth-order valence-corrected chi connectivity index (χ4v) is 18.3. The number of aryl methyl sites for hydroxylation is 2. The van der Waals surface area contributed by atoms with Crippen LogP contribution in [0.25, 0.3) is 11.1 Å². The molecule has 3 spiro atoms. The first-order valence-electron chi connectivity index (χ1n) is 37.5. The molecular formula is C81H105N13O6. The summed E-state index contributed by atoms with van der Waals surface area (Å²) >= 11 is 0. The molecule has 9 aliphatic heterocycles. The van der Waals surface area contributed by atoms with Gasteiger partial charge in [0, 0.05) is 149 Å². The van der Waals surface area contributed by atoms with Gasteiger partial charge in [0.25, 0.3) is 0 Å². The summed E-state index contributed by atoms with van der Waals surface area (Å²) in [7, 11) is 0. The number of carbonyl (C=O) groups is 5. The summed E-state index contributed by atoms with van der Waals surface area (Å²) in [5.41, 5.74) is 12.4. The van der Waals surface area contributed by atoms with Crippen LogP contribution in [0, 0.1) is 6.92 Å². The van der Waals surface area contributed by atoms with E-state index in [9.17, 15) is 24.0 Å². The van der Waals surface area contributed by atoms with Crippen molar-refractivity contribution in [2.24, 2.45) is 0 Å². The van der Waals surface area contributed by atoms with Crippen LogP contribution in [0.1, 0.15) is 170 Å². The Hall–Kier alpha value is -8.13. The quantitative estimate of drug-likeness (QED) is 0.112. The molecule has 100 heavy (non-hydrogen) atoms. The molecule has 6 saturated heterocycles. The molecule has 0 N–H and O–H groups in total. The number of nitrogens with zero attached hydrogens (tertiary/aromatic N) is 13. The van der Waals surface area contributed by atoms with E-state index < -0.39 is 0 Å². The molecule has 19 nitrogen and oxygen atoms in total. The van der Waals surface area contributed by atoms with Gasteiger partial charge in [0.15, 0.2) is 5.78 Å². The second-order valence-corrected chi connectivity index (χ2v) is 30.0. The minimum Gasteiger partial charge on any atom is -0.450 e. The summed E-state index contributed by atoms with van der Waals surface area (Å²) in [6.45, 7) is 27.7. The van der Waals surface area contributed by atoms with E-state index in [1.54, 1.807) is 27.7 Å². The number of ketones is 1. The average molecular weight is 1360 g/mol. The first-order valence-corrected chi connectivity index (χ1v) is 37.5. The van der Waals surface area contributed by atoms with Crippen LogP contribution in [0.2, 0.25) is 0 Å². The standard InChI is InChI=1S/C30H37N3O4.C27H37N5O.C24H31N5O/c1-4-37-29(36)32-16-12-25(13-17-32)31-18-14-30(15-19-31)20-33(22(3)35)28-26(6-5-7-27(28)30)24-10-8-23(9-11-24)21(2)34;1-3-4-7-22-18-28-19-26(29-22)31-14-10-23(11-15-31)30-16-12-27(13-17-30)20-32(21(2)33)25-9-6-5-8-24(25)27;1-18-15-25-16-23(26-18)28-11-7-20(8-12-28)27-13-9-24(10-14-27)17-29(19(2)30)22-6-4-3-5-21(22)24/h5-11,25H,4,12-20H2,1-3H3;5-6,8-9,18-19,23H,3-4,7,10-17,20H2,1-2H3;3-6,15-16,20H,7-14,17H2,1-2H3. The largest absolute Gasteiger partial charge is 0.450 e. The van der Waals surface area contributed by atoms with Gasteiger partial charge in [0.05, 0.1) is 36.1 Å². The highest BCUT2D eigenvalue weighted by molar-refractivity contribution is 6.01. The fraction of sp³-hybridized carbons (Fsp3) is 0.543. The molecule has 19 heteroatoms. The second kappa shape index (κ2) is 30.6. The lowest BCUT2D eigenvalue weighted by atomic mass is 9.73. The molecule has 0 atom stereocenters. The molecule has 2 aromatic heterocycles. The van der Waals surface area contributed by atoms with Gasteiger partial charge in [0.2, 0.25) is 17.7 Å². The highest BCUT2D eigenvalue weighted by Crippen LogP contribution is 2.53. The van der Waals surface area contributed by atoms with E-state index in [4.69, 9.17) is 9.72 Å². The summed E-state index contributed by atoms with van der Waals surface area (Å²) in [6, 6.07) is 33.0. The molecule has 0 unspecified atom stereocenters. The molecule has 0 saturated carbocycles. The summed E-state index contributed by atoms with van der Waals surface area (Å²) in [5.74, 6) is 2.50. The smallest absolute Gasteiger partial charge is 0.409 e. The predicted molar refractivity (Wildman–Crippen MR) is 396 cm³/mol. The highest BCUT2D eigenvalue weighted by atomic mass is 16.6. The van der Waals surface area contributed by atoms with Gasteiger partial charge in [-0.3, -0.25) is 29.1 Å². The zero-order valence-corrected chi connectivity index (χ0v) is 60.4. The van der Waals surface area contributed by atoms with Crippen LogP contribution < -0.4 is 24.5 Å². The van der Waals surface area contributed by atoms with Gasteiger partial charge >= 0.3 is 6.09 Å². The van der Waals surface area contributed by atoms with Gasteiger partial charge in [-0.05, 0) is 184 Å². The fourth-order valence-electron chi connectivity index (χ4n) is 18.3. The third-order valence-electron chi connectivity index (χ3n) is 24.1. The molecule has 6 fully saturated rings. The van der Waals surface area contributed by atoms with Crippen molar-refractivity contribution in [3.05, 3.63) is 149 Å². The lowest BCUT2D eigenvalue weighted by Gasteiger charge is -2.45. The van der Waals surface area contributed by atoms with E-state index in [-0.39, 0.29) is 45.8 Å². The Morgan fingerprint density at radius 3 is 1.38 bits per heavy atom. The van der Waals surface area contributed by atoms with Crippen LogP contribution in [-0.4, -0.2) is 192 Å². The van der Waals surface area contributed by atoms with Crippen LogP contribution in [0.4, 0.5) is 33.5 Å². The molecular weight excluding hydrogens is 1250 g/mol. The number of benzene rings is 4. The number of unbranched alkanes of at least 4 members (excludes halogenated alkanes) is 1. The Labute approximate surface area is 592 Å². The zero-order valence-electron chi connectivity index (χ0n) is 60.4. The zero-order chi connectivity index (χ0) is 69.7. The van der Waals surface area contributed by atoms with Crippen LogP contribution >= 0.6 is 0 Å². The van der Waals surface area contributed by atoms with Crippen LogP contribution in [0.3, 0.4) is 0 Å². The van der Waals surface area contributed by atoms with Crippen LogP contribution in [0.5, 0.6) is 0 Å². The number of Topliss-reactive ketones (excluding diaryl/α,β-unsaturated/α-hetero) is 1. The van der Waals surface area contributed by atoms with Gasteiger partial charge in [-0.25, -0.2) is 14.8 Å². The van der Waals surface area contributed by atoms with E-state index in [1.165, 1.54) is 55.2 Å². The third-order valence-corrected chi connectivity index (χ3v) is 24.1. The molecule has 6 aromatic rings. The predicted octanol–water partition coefficient (Wildman–Crippen LogP) is 12.2. The summed E-state index contributed by atoms with van der Waals surface area (Å²) in [6.07, 6.45) is 24.0. The van der Waals surface area contributed by atoms with E-state index in [2.05, 4.69) is 113 Å². The third kappa shape index (κ3) is 14.7. The molecule has 0 bridgehead atoms. The maximum absolute atomic E-state index is 12.8. The number of aromatic nitrogens is 4. The number of fused-ring (bicyclic) bond motifs is 6. The molecule has 11 heterocycles.